The lowest BCUT2D eigenvalue weighted by molar-refractivity contribution is 0.0469. The van der Waals surface area contributed by atoms with Crippen molar-refractivity contribution in [3.63, 3.8) is 0 Å². The Balaban J connectivity index is 2.53. The van der Waals surface area contributed by atoms with Crippen LogP contribution in [0.3, 0.4) is 0 Å². The fraction of sp³-hybridized carbons (Fsp3) is 0.462. The van der Waals surface area contributed by atoms with Crippen molar-refractivity contribution in [3.8, 4) is 0 Å². The first kappa shape index (κ1) is 14.0. The number of hydrogen-bond donors (Lipinski definition) is 2. The van der Waals surface area contributed by atoms with E-state index >= 15 is 0 Å². The molecule has 0 fully saturated rings. The maximum Gasteiger partial charge on any atom is 0.251 e. The summed E-state index contributed by atoms with van der Waals surface area (Å²) in [6.45, 7) is 3.97. The fourth-order valence-corrected chi connectivity index (χ4v) is 1.73. The first-order valence-electron chi connectivity index (χ1n) is 5.71. The number of rotatable bonds is 5. The van der Waals surface area contributed by atoms with Gasteiger partial charge in [0.05, 0.1) is 5.60 Å². The van der Waals surface area contributed by atoms with E-state index in [1.165, 1.54) is 0 Å². The van der Waals surface area contributed by atoms with Gasteiger partial charge >= 0.3 is 0 Å². The molecule has 1 amide bonds. The van der Waals surface area contributed by atoms with E-state index in [0.717, 1.165) is 6.42 Å². The number of halogens is 1. The topological polar surface area (TPSA) is 49.3 Å². The maximum atomic E-state index is 11.7. The van der Waals surface area contributed by atoms with Gasteiger partial charge in [0.2, 0.25) is 0 Å². The van der Waals surface area contributed by atoms with Gasteiger partial charge in [-0.15, -0.1) is 0 Å². The molecular formula is C13H18ClNO2. The van der Waals surface area contributed by atoms with Gasteiger partial charge in [-0.2, -0.15) is 0 Å². The number of amides is 1. The van der Waals surface area contributed by atoms with E-state index in [0.29, 0.717) is 17.0 Å². The molecule has 0 aliphatic carbocycles. The van der Waals surface area contributed by atoms with E-state index in [9.17, 15) is 9.90 Å². The van der Waals surface area contributed by atoms with Crippen molar-refractivity contribution in [1.29, 1.82) is 0 Å². The van der Waals surface area contributed by atoms with Crippen LogP contribution in [-0.2, 0) is 0 Å². The predicted molar refractivity (Wildman–Crippen MR) is 69.3 cm³/mol. The molecule has 0 heterocycles. The molecule has 1 rings (SSSR count). The van der Waals surface area contributed by atoms with E-state index < -0.39 is 5.60 Å². The number of carbonyl (C=O) groups excluding carboxylic acids is 1. The zero-order chi connectivity index (χ0) is 12.9. The Morgan fingerprint density at radius 1 is 1.41 bits per heavy atom. The van der Waals surface area contributed by atoms with Gasteiger partial charge in [-0.25, -0.2) is 0 Å². The van der Waals surface area contributed by atoms with Crippen LogP contribution in [0, 0.1) is 0 Å². The second kappa shape index (κ2) is 6.03. The van der Waals surface area contributed by atoms with Crippen molar-refractivity contribution in [1.82, 2.24) is 5.32 Å². The molecule has 0 aliphatic heterocycles. The Morgan fingerprint density at radius 3 is 2.53 bits per heavy atom. The van der Waals surface area contributed by atoms with E-state index in [4.69, 9.17) is 11.6 Å². The summed E-state index contributed by atoms with van der Waals surface area (Å²) in [4.78, 5) is 11.7. The monoisotopic (exact) mass is 255 g/mol. The smallest absolute Gasteiger partial charge is 0.251 e. The molecule has 1 atom stereocenters. The van der Waals surface area contributed by atoms with Gasteiger partial charge in [0.15, 0.2) is 0 Å². The lowest BCUT2D eigenvalue weighted by Crippen LogP contribution is -2.40. The van der Waals surface area contributed by atoms with Crippen LogP contribution in [0.1, 0.15) is 37.0 Å². The molecule has 0 bridgehead atoms. The van der Waals surface area contributed by atoms with Crippen molar-refractivity contribution >= 4 is 17.5 Å². The molecule has 0 aliphatic rings. The normalized spacial score (nSPS) is 14.1. The molecule has 94 valence electrons. The molecule has 0 saturated carbocycles. The Hall–Kier alpha value is -1.06. The number of nitrogens with one attached hydrogen (secondary N) is 1. The fourth-order valence-electron chi connectivity index (χ4n) is 1.60. The highest BCUT2D eigenvalue weighted by atomic mass is 35.5. The second-order valence-electron chi connectivity index (χ2n) is 4.44. The summed E-state index contributed by atoms with van der Waals surface area (Å²) >= 11 is 5.74. The average Bonchev–Trinajstić information content (AvgIpc) is 2.27. The minimum absolute atomic E-state index is 0.196. The molecule has 1 aromatic carbocycles. The van der Waals surface area contributed by atoms with Crippen molar-refractivity contribution in [3.05, 3.63) is 34.9 Å². The highest BCUT2D eigenvalue weighted by molar-refractivity contribution is 6.30. The molecule has 4 heteroatoms. The first-order chi connectivity index (χ1) is 7.94. The minimum atomic E-state index is -0.850. The summed E-state index contributed by atoms with van der Waals surface area (Å²) in [5, 5.41) is 13.2. The molecule has 2 N–H and O–H groups in total. The highest BCUT2D eigenvalue weighted by Gasteiger charge is 2.20. The second-order valence-corrected chi connectivity index (χ2v) is 4.87. The van der Waals surface area contributed by atoms with Crippen LogP contribution in [0.15, 0.2) is 24.3 Å². The molecule has 0 aromatic heterocycles. The summed E-state index contributed by atoms with van der Waals surface area (Å²) in [5.74, 6) is -0.196. The van der Waals surface area contributed by atoms with E-state index in [1.54, 1.807) is 31.2 Å². The largest absolute Gasteiger partial charge is 0.388 e. The van der Waals surface area contributed by atoms with Gasteiger partial charge in [0.1, 0.15) is 0 Å². The summed E-state index contributed by atoms with van der Waals surface area (Å²) in [6.07, 6.45) is 1.54. The zero-order valence-corrected chi connectivity index (χ0v) is 10.9. The molecule has 1 unspecified atom stereocenters. The van der Waals surface area contributed by atoms with Crippen molar-refractivity contribution in [2.24, 2.45) is 0 Å². The molecule has 1 aromatic rings. The summed E-state index contributed by atoms with van der Waals surface area (Å²) in [6, 6.07) is 6.65. The third-order valence-corrected chi connectivity index (χ3v) is 2.78. The number of benzene rings is 1. The Kier molecular flexibility index (Phi) is 4.97. The average molecular weight is 256 g/mol. The van der Waals surface area contributed by atoms with Crippen molar-refractivity contribution in [2.75, 3.05) is 6.54 Å². The molecule has 0 radical (unpaired) electrons. The molecular weight excluding hydrogens is 238 g/mol. The third-order valence-electron chi connectivity index (χ3n) is 2.52. The van der Waals surface area contributed by atoms with Gasteiger partial charge in [0, 0.05) is 17.1 Å². The summed E-state index contributed by atoms with van der Waals surface area (Å²) in [7, 11) is 0. The van der Waals surface area contributed by atoms with Crippen molar-refractivity contribution in [2.45, 2.75) is 32.3 Å². The van der Waals surface area contributed by atoms with Crippen LogP contribution in [0.5, 0.6) is 0 Å². The highest BCUT2D eigenvalue weighted by Crippen LogP contribution is 2.12. The van der Waals surface area contributed by atoms with Crippen LogP contribution in [0.25, 0.3) is 0 Å². The molecule has 17 heavy (non-hydrogen) atoms. The molecule has 3 nitrogen and oxygen atoms in total. The van der Waals surface area contributed by atoms with E-state index in [2.05, 4.69) is 5.32 Å². The number of aliphatic hydroxyl groups is 1. The van der Waals surface area contributed by atoms with Gasteiger partial charge in [-0.05, 0) is 37.6 Å². The van der Waals surface area contributed by atoms with Gasteiger partial charge in [0.25, 0.3) is 5.91 Å². The minimum Gasteiger partial charge on any atom is -0.388 e. The van der Waals surface area contributed by atoms with Crippen LogP contribution in [0.2, 0.25) is 5.02 Å². The van der Waals surface area contributed by atoms with E-state index in [1.807, 2.05) is 6.92 Å². The van der Waals surface area contributed by atoms with Gasteiger partial charge < -0.3 is 10.4 Å². The molecule has 0 saturated heterocycles. The van der Waals surface area contributed by atoms with Gasteiger partial charge in [-0.3, -0.25) is 4.79 Å². The van der Waals surface area contributed by atoms with Crippen LogP contribution in [0.4, 0.5) is 0 Å². The van der Waals surface area contributed by atoms with Crippen molar-refractivity contribution < 1.29 is 9.90 Å². The Bertz CT molecular complexity index is 374. The first-order valence-corrected chi connectivity index (χ1v) is 6.08. The quantitative estimate of drug-likeness (QED) is 0.850. The van der Waals surface area contributed by atoms with Crippen LogP contribution in [-0.4, -0.2) is 23.2 Å². The zero-order valence-electron chi connectivity index (χ0n) is 10.2. The third kappa shape index (κ3) is 4.75. The maximum absolute atomic E-state index is 11.7. The number of carbonyl (C=O) groups is 1. The lowest BCUT2D eigenvalue weighted by atomic mass is 10.0. The van der Waals surface area contributed by atoms with E-state index in [-0.39, 0.29) is 12.5 Å². The SMILES string of the molecule is CCCC(C)(O)CNC(=O)c1ccc(Cl)cc1. The van der Waals surface area contributed by atoms with Crippen LogP contribution >= 0.6 is 11.6 Å². The number of hydrogen-bond acceptors (Lipinski definition) is 2. The Labute approximate surface area is 107 Å². The standard InChI is InChI=1S/C13H18ClNO2/c1-3-8-13(2,17)9-15-12(16)10-4-6-11(14)7-5-10/h4-7,17H,3,8-9H2,1-2H3,(H,15,16). The van der Waals surface area contributed by atoms with Crippen LogP contribution < -0.4 is 5.32 Å². The lowest BCUT2D eigenvalue weighted by Gasteiger charge is -2.22. The Morgan fingerprint density at radius 2 is 2.00 bits per heavy atom. The van der Waals surface area contributed by atoms with Gasteiger partial charge in [-0.1, -0.05) is 24.9 Å². The summed E-state index contributed by atoms with van der Waals surface area (Å²) < 4.78 is 0. The predicted octanol–water partition coefficient (Wildman–Crippen LogP) is 2.62. The summed E-state index contributed by atoms with van der Waals surface area (Å²) in [5.41, 5.74) is -0.307. The molecule has 0 spiro atoms.